The number of carbonyl (C=O) groups excluding carboxylic acids is 1. The molecule has 2 N–H and O–H groups in total. The number of carbonyl (C=O) groups is 1. The maximum atomic E-state index is 11.5. The second-order valence-electron chi connectivity index (χ2n) is 2.94. The number of aromatic nitrogens is 2. The van der Waals surface area contributed by atoms with Crippen LogP contribution in [0.25, 0.3) is 0 Å². The molecule has 0 saturated heterocycles. The number of ether oxygens (including phenoxy) is 1. The third-order valence-electron chi connectivity index (χ3n) is 1.82. The molecule has 1 aromatic rings. The Bertz CT molecular complexity index is 519. The minimum Gasteiger partial charge on any atom is -0.448 e. The Kier molecular flexibility index (Phi) is 4.60. The van der Waals surface area contributed by atoms with Crippen molar-refractivity contribution in [3.8, 4) is 12.3 Å². The van der Waals surface area contributed by atoms with E-state index in [0.717, 1.165) is 6.20 Å². The Morgan fingerprint density at radius 2 is 2.47 bits per heavy atom. The average Bonchev–Trinajstić information content (AvgIpc) is 2.29. The van der Waals surface area contributed by atoms with Crippen molar-refractivity contribution < 1.29 is 9.53 Å². The minimum atomic E-state index is -0.812. The second kappa shape index (κ2) is 5.96. The van der Waals surface area contributed by atoms with Crippen molar-refractivity contribution in [1.29, 1.82) is 0 Å². The number of hydrogen-bond acceptors (Lipinski definition) is 6. The van der Waals surface area contributed by atoms with Crippen molar-refractivity contribution in [3.63, 3.8) is 0 Å². The molecule has 0 aliphatic carbocycles. The van der Waals surface area contributed by atoms with Crippen LogP contribution in [0.1, 0.15) is 5.56 Å². The first kappa shape index (κ1) is 13.1. The molecule has 0 amide bonds. The summed E-state index contributed by atoms with van der Waals surface area (Å²) in [6.45, 7) is 0.211. The zero-order valence-corrected chi connectivity index (χ0v) is 9.99. The van der Waals surface area contributed by atoms with Gasteiger partial charge in [-0.25, -0.2) is 14.2 Å². The Labute approximate surface area is 102 Å². The van der Waals surface area contributed by atoms with Crippen molar-refractivity contribution in [2.75, 3.05) is 24.3 Å². The minimum absolute atomic E-state index is 0.0781. The Balaban J connectivity index is 2.95. The third kappa shape index (κ3) is 3.26. The highest BCUT2D eigenvalue weighted by atomic mass is 32.2. The van der Waals surface area contributed by atoms with Crippen LogP contribution in [0.4, 0.5) is 10.6 Å². The van der Waals surface area contributed by atoms with E-state index >= 15 is 0 Å². The van der Waals surface area contributed by atoms with Gasteiger partial charge in [0.15, 0.2) is 0 Å². The summed E-state index contributed by atoms with van der Waals surface area (Å²) in [6, 6.07) is 0. The molecule has 0 spiro atoms. The monoisotopic (exact) mass is 253 g/mol. The Morgan fingerprint density at radius 3 is 3.06 bits per heavy atom. The Morgan fingerprint density at radius 1 is 1.76 bits per heavy atom. The van der Waals surface area contributed by atoms with Gasteiger partial charge in [0.25, 0.3) is 0 Å². The standard InChI is InChI=1S/C10H11N3O3S/c1-3-7-6-13(9(14)12-8(7)11)10(15)16-4-5-17-2/h1,6H,4-5H2,2H3,(H2,11,12,14). The van der Waals surface area contributed by atoms with Crippen LogP contribution in [-0.2, 0) is 4.74 Å². The van der Waals surface area contributed by atoms with Crippen molar-refractivity contribution in [2.45, 2.75) is 0 Å². The van der Waals surface area contributed by atoms with Crippen molar-refractivity contribution in [3.05, 3.63) is 22.2 Å². The van der Waals surface area contributed by atoms with Crippen LogP contribution < -0.4 is 11.4 Å². The highest BCUT2D eigenvalue weighted by Gasteiger charge is 2.11. The zero-order chi connectivity index (χ0) is 12.8. The van der Waals surface area contributed by atoms with Gasteiger partial charge >= 0.3 is 11.8 Å². The molecular formula is C10H11N3O3S. The van der Waals surface area contributed by atoms with Gasteiger partial charge in [-0.15, -0.1) is 6.42 Å². The molecule has 7 heteroatoms. The summed E-state index contributed by atoms with van der Waals surface area (Å²) in [7, 11) is 0. The molecule has 0 bridgehead atoms. The molecule has 0 aliphatic heterocycles. The fourth-order valence-corrected chi connectivity index (χ4v) is 1.24. The lowest BCUT2D eigenvalue weighted by molar-refractivity contribution is 0.153. The number of nitrogens with zero attached hydrogens (tertiary/aromatic N) is 2. The van der Waals surface area contributed by atoms with Gasteiger partial charge in [0, 0.05) is 11.9 Å². The van der Waals surface area contributed by atoms with E-state index in [9.17, 15) is 9.59 Å². The van der Waals surface area contributed by atoms with Gasteiger partial charge in [-0.05, 0) is 6.26 Å². The largest absolute Gasteiger partial charge is 0.448 e. The number of nitrogens with two attached hydrogens (primary N) is 1. The lowest BCUT2D eigenvalue weighted by atomic mass is 10.3. The molecule has 17 heavy (non-hydrogen) atoms. The van der Waals surface area contributed by atoms with Crippen LogP contribution >= 0.6 is 11.8 Å². The number of terminal acetylenes is 1. The maximum absolute atomic E-state index is 11.5. The SMILES string of the molecule is C#Cc1cn(C(=O)OCCSC)c(=O)nc1N. The van der Waals surface area contributed by atoms with Crippen molar-refractivity contribution >= 4 is 23.7 Å². The van der Waals surface area contributed by atoms with Gasteiger partial charge in [0.2, 0.25) is 0 Å². The van der Waals surface area contributed by atoms with Crippen molar-refractivity contribution in [2.24, 2.45) is 0 Å². The van der Waals surface area contributed by atoms with Gasteiger partial charge in [-0.1, -0.05) is 5.92 Å². The molecule has 0 aliphatic rings. The van der Waals surface area contributed by atoms with E-state index < -0.39 is 11.8 Å². The number of rotatable bonds is 3. The molecule has 1 rings (SSSR count). The molecule has 0 fully saturated rings. The molecule has 0 unspecified atom stereocenters. The van der Waals surface area contributed by atoms with E-state index in [1.54, 1.807) is 0 Å². The summed E-state index contributed by atoms with van der Waals surface area (Å²) < 4.78 is 5.54. The van der Waals surface area contributed by atoms with Gasteiger partial charge in [0.05, 0.1) is 5.56 Å². The predicted octanol–water partition coefficient (Wildman–Crippen LogP) is 0.154. The summed E-state index contributed by atoms with van der Waals surface area (Å²) in [4.78, 5) is 26.3. The third-order valence-corrected chi connectivity index (χ3v) is 2.40. The van der Waals surface area contributed by atoms with Gasteiger partial charge < -0.3 is 10.5 Å². The lowest BCUT2D eigenvalue weighted by Gasteiger charge is -2.06. The fourth-order valence-electron chi connectivity index (χ4n) is 0.991. The highest BCUT2D eigenvalue weighted by Crippen LogP contribution is 2.02. The number of nitrogen functional groups attached to an aromatic ring is 1. The van der Waals surface area contributed by atoms with Crippen LogP contribution in [-0.4, -0.2) is 34.3 Å². The van der Waals surface area contributed by atoms with E-state index in [1.807, 2.05) is 6.26 Å². The zero-order valence-electron chi connectivity index (χ0n) is 9.17. The molecule has 90 valence electrons. The molecular weight excluding hydrogens is 242 g/mol. The molecule has 1 aromatic heterocycles. The Hall–Kier alpha value is -1.94. The van der Waals surface area contributed by atoms with Crippen LogP contribution in [0.3, 0.4) is 0 Å². The number of anilines is 1. The molecule has 6 nitrogen and oxygen atoms in total. The van der Waals surface area contributed by atoms with Crippen LogP contribution in [0.5, 0.6) is 0 Å². The summed E-state index contributed by atoms with van der Waals surface area (Å²) >= 11 is 1.52. The first-order chi connectivity index (χ1) is 8.10. The summed E-state index contributed by atoms with van der Waals surface area (Å²) in [5.74, 6) is 2.79. The van der Waals surface area contributed by atoms with Crippen LogP contribution in [0.2, 0.25) is 0 Å². The van der Waals surface area contributed by atoms with Crippen LogP contribution in [0, 0.1) is 12.3 Å². The molecule has 0 radical (unpaired) electrons. The fraction of sp³-hybridized carbons (Fsp3) is 0.300. The van der Waals surface area contributed by atoms with Gasteiger partial charge in [-0.2, -0.15) is 16.7 Å². The smallest absolute Gasteiger partial charge is 0.422 e. The summed E-state index contributed by atoms with van der Waals surface area (Å²) in [5.41, 5.74) is 4.76. The van der Waals surface area contributed by atoms with E-state index in [0.29, 0.717) is 10.3 Å². The van der Waals surface area contributed by atoms with Crippen molar-refractivity contribution in [1.82, 2.24) is 9.55 Å². The molecule has 0 aromatic carbocycles. The quantitative estimate of drug-likeness (QED) is 0.609. The van der Waals surface area contributed by atoms with Gasteiger partial charge in [0.1, 0.15) is 12.4 Å². The van der Waals surface area contributed by atoms with E-state index in [1.165, 1.54) is 11.8 Å². The maximum Gasteiger partial charge on any atom is 0.422 e. The summed E-state index contributed by atoms with van der Waals surface area (Å²) in [5, 5.41) is 0. The number of thioether (sulfide) groups is 1. The second-order valence-corrected chi connectivity index (χ2v) is 3.93. The molecule has 0 saturated carbocycles. The molecule has 1 heterocycles. The van der Waals surface area contributed by atoms with E-state index in [4.69, 9.17) is 16.9 Å². The molecule has 0 atom stereocenters. The first-order valence-electron chi connectivity index (χ1n) is 4.62. The topological polar surface area (TPSA) is 87.2 Å². The van der Waals surface area contributed by atoms with E-state index in [2.05, 4.69) is 10.9 Å². The predicted molar refractivity (Wildman–Crippen MR) is 66.0 cm³/mol. The summed E-state index contributed by atoms with van der Waals surface area (Å²) in [6.07, 6.45) is 7.36. The van der Waals surface area contributed by atoms with Gasteiger partial charge in [-0.3, -0.25) is 0 Å². The average molecular weight is 253 g/mol. The number of hydrogen-bond donors (Lipinski definition) is 1. The normalized spacial score (nSPS) is 9.65. The lowest BCUT2D eigenvalue weighted by Crippen LogP contribution is -2.31. The first-order valence-corrected chi connectivity index (χ1v) is 6.01. The van der Waals surface area contributed by atoms with Crippen LogP contribution in [0.15, 0.2) is 11.0 Å². The van der Waals surface area contributed by atoms with E-state index in [-0.39, 0.29) is 18.0 Å². The highest BCUT2D eigenvalue weighted by molar-refractivity contribution is 7.98.